The Balaban J connectivity index is 1.22. The van der Waals surface area contributed by atoms with Crippen molar-refractivity contribution in [2.24, 2.45) is 0 Å². The molecule has 35 heavy (non-hydrogen) atoms. The van der Waals surface area contributed by atoms with Crippen molar-refractivity contribution in [3.8, 4) is 5.75 Å². The van der Waals surface area contributed by atoms with E-state index < -0.39 is 6.04 Å². The van der Waals surface area contributed by atoms with Gasteiger partial charge in [0.2, 0.25) is 5.91 Å². The van der Waals surface area contributed by atoms with E-state index >= 15 is 0 Å². The number of fused-ring (bicyclic) bond motifs is 1. The molecule has 2 aliphatic heterocycles. The van der Waals surface area contributed by atoms with E-state index in [1.54, 1.807) is 23.2 Å². The van der Waals surface area contributed by atoms with Crippen molar-refractivity contribution in [3.05, 3.63) is 65.9 Å². The molecule has 1 unspecified atom stereocenters. The number of phenolic OH excluding ortho intramolecular Hbond substituents is 1. The van der Waals surface area contributed by atoms with Gasteiger partial charge in [0.25, 0.3) is 5.91 Å². The van der Waals surface area contributed by atoms with E-state index in [0.29, 0.717) is 24.9 Å². The van der Waals surface area contributed by atoms with Crippen LogP contribution < -0.4 is 10.2 Å². The maximum Gasteiger partial charge on any atom is 0.258 e. The smallest absolute Gasteiger partial charge is 0.258 e. The number of piperazine rings is 1. The summed E-state index contributed by atoms with van der Waals surface area (Å²) >= 11 is 0. The number of carbonyl (C=O) groups is 2. The molecule has 2 N–H and O–H groups in total. The molecule has 0 aliphatic carbocycles. The summed E-state index contributed by atoms with van der Waals surface area (Å²) in [6.45, 7) is 4.80. The molecule has 2 aliphatic rings. The number of nitrogens with one attached hydrogen (secondary N) is 1. The van der Waals surface area contributed by atoms with Gasteiger partial charge in [-0.15, -0.1) is 0 Å². The molecule has 3 heterocycles. The van der Waals surface area contributed by atoms with E-state index in [4.69, 9.17) is 0 Å². The minimum Gasteiger partial charge on any atom is -0.506 e. The third-order valence-electron chi connectivity index (χ3n) is 7.05. The van der Waals surface area contributed by atoms with Gasteiger partial charge in [-0.3, -0.25) is 9.59 Å². The van der Waals surface area contributed by atoms with Crippen molar-refractivity contribution >= 4 is 28.4 Å². The third kappa shape index (κ3) is 4.79. The zero-order chi connectivity index (χ0) is 24.4. The number of hydrogen-bond acceptors (Lipinski definition) is 6. The summed E-state index contributed by atoms with van der Waals surface area (Å²) in [6.07, 6.45) is 3.16. The van der Waals surface area contributed by atoms with Gasteiger partial charge in [-0.25, -0.2) is 4.98 Å². The highest BCUT2D eigenvalue weighted by Crippen LogP contribution is 2.31. The number of nitrogens with zero attached hydrogens (tertiary/aromatic N) is 4. The minimum atomic E-state index is -0.550. The largest absolute Gasteiger partial charge is 0.506 e. The van der Waals surface area contributed by atoms with E-state index in [0.717, 1.165) is 49.4 Å². The van der Waals surface area contributed by atoms with Gasteiger partial charge in [0, 0.05) is 50.9 Å². The molecule has 2 saturated heterocycles. The molecule has 0 saturated carbocycles. The number of benzene rings is 2. The van der Waals surface area contributed by atoms with Gasteiger partial charge in [0.05, 0.1) is 5.56 Å². The second-order valence-electron chi connectivity index (χ2n) is 9.37. The number of aromatic nitrogens is 1. The van der Waals surface area contributed by atoms with Crippen molar-refractivity contribution < 1.29 is 14.7 Å². The number of rotatable bonds is 5. The summed E-state index contributed by atoms with van der Waals surface area (Å²) in [5.41, 5.74) is 1.14. The second kappa shape index (κ2) is 9.92. The number of aromatic hydroxyl groups is 1. The lowest BCUT2D eigenvalue weighted by Gasteiger charge is -2.33. The van der Waals surface area contributed by atoms with Gasteiger partial charge in [0.1, 0.15) is 17.6 Å². The van der Waals surface area contributed by atoms with Crippen LogP contribution in [-0.2, 0) is 11.3 Å². The van der Waals surface area contributed by atoms with Crippen LogP contribution in [-0.4, -0.2) is 77.5 Å². The molecule has 0 spiro atoms. The maximum absolute atomic E-state index is 13.3. The first-order valence-corrected chi connectivity index (χ1v) is 12.2. The fourth-order valence-electron chi connectivity index (χ4n) is 4.92. The lowest BCUT2D eigenvalue weighted by atomic mass is 10.0. The summed E-state index contributed by atoms with van der Waals surface area (Å²) in [5, 5.41) is 15.2. The molecule has 8 heteroatoms. The van der Waals surface area contributed by atoms with E-state index in [9.17, 15) is 14.7 Å². The highest BCUT2D eigenvalue weighted by molar-refractivity contribution is 6.05. The zero-order valence-electron chi connectivity index (χ0n) is 20.0. The van der Waals surface area contributed by atoms with E-state index in [2.05, 4.69) is 27.1 Å². The Kier molecular flexibility index (Phi) is 6.55. The summed E-state index contributed by atoms with van der Waals surface area (Å²) in [6, 6.07) is 14.3. The number of likely N-dealkylation sites (tertiary alicyclic amines) is 1. The van der Waals surface area contributed by atoms with Gasteiger partial charge >= 0.3 is 0 Å². The van der Waals surface area contributed by atoms with Gasteiger partial charge in [-0.05, 0) is 43.0 Å². The lowest BCUT2D eigenvalue weighted by Crippen LogP contribution is -2.45. The van der Waals surface area contributed by atoms with Crippen LogP contribution in [0.5, 0.6) is 5.75 Å². The first-order valence-electron chi connectivity index (χ1n) is 12.2. The molecule has 2 amide bonds. The van der Waals surface area contributed by atoms with Gasteiger partial charge in [0.15, 0.2) is 0 Å². The monoisotopic (exact) mass is 473 g/mol. The minimum absolute atomic E-state index is 0.0364. The zero-order valence-corrected chi connectivity index (χ0v) is 20.0. The molecule has 2 aromatic carbocycles. The molecule has 182 valence electrons. The SMILES string of the molecule is CN1CCN(c2ccc(CNC(=O)C3CCCN3C(=O)c3ccc4ccccc4c3O)cn2)CC1. The average Bonchev–Trinajstić information content (AvgIpc) is 3.38. The number of likely N-dealkylation sites (N-methyl/N-ethyl adjacent to an activating group) is 1. The van der Waals surface area contributed by atoms with E-state index in [1.165, 1.54) is 0 Å². The normalized spacial score (nSPS) is 18.7. The van der Waals surface area contributed by atoms with Crippen LogP contribution >= 0.6 is 0 Å². The highest BCUT2D eigenvalue weighted by atomic mass is 16.3. The molecule has 5 rings (SSSR count). The van der Waals surface area contributed by atoms with Gasteiger partial charge in [-0.2, -0.15) is 0 Å². The predicted molar refractivity (Wildman–Crippen MR) is 135 cm³/mol. The fourth-order valence-corrected chi connectivity index (χ4v) is 4.92. The molecule has 2 fully saturated rings. The molecular formula is C27H31N5O3. The Hall–Kier alpha value is -3.65. The van der Waals surface area contributed by atoms with Crippen LogP contribution in [0.1, 0.15) is 28.8 Å². The van der Waals surface area contributed by atoms with E-state index in [1.807, 2.05) is 36.4 Å². The molecule has 8 nitrogen and oxygen atoms in total. The topological polar surface area (TPSA) is 89.0 Å². The summed E-state index contributed by atoms with van der Waals surface area (Å²) in [7, 11) is 2.13. The van der Waals surface area contributed by atoms with Gasteiger partial charge < -0.3 is 25.1 Å². The predicted octanol–water partition coefficient (Wildman–Crippen LogP) is 2.61. The first-order chi connectivity index (χ1) is 17.0. The Morgan fingerprint density at radius 2 is 1.83 bits per heavy atom. The van der Waals surface area contributed by atoms with Crippen molar-refractivity contribution in [2.45, 2.75) is 25.4 Å². The Morgan fingerprint density at radius 1 is 1.03 bits per heavy atom. The number of anilines is 1. The Labute approximate surface area is 205 Å². The summed E-state index contributed by atoms with van der Waals surface area (Å²) in [4.78, 5) is 37.0. The molecule has 0 radical (unpaired) electrons. The van der Waals surface area contributed by atoms with Crippen LogP contribution in [0.25, 0.3) is 10.8 Å². The van der Waals surface area contributed by atoms with Crippen molar-refractivity contribution in [1.29, 1.82) is 0 Å². The third-order valence-corrected chi connectivity index (χ3v) is 7.05. The number of phenols is 1. The number of carbonyl (C=O) groups excluding carboxylic acids is 2. The number of pyridine rings is 1. The van der Waals surface area contributed by atoms with Gasteiger partial charge in [-0.1, -0.05) is 36.4 Å². The summed E-state index contributed by atoms with van der Waals surface area (Å²) in [5.74, 6) is 0.421. The van der Waals surface area contributed by atoms with E-state index in [-0.39, 0.29) is 23.1 Å². The fraction of sp³-hybridized carbons (Fsp3) is 0.370. The molecule has 1 aromatic heterocycles. The average molecular weight is 474 g/mol. The first kappa shape index (κ1) is 23.1. The Bertz CT molecular complexity index is 1220. The quantitative estimate of drug-likeness (QED) is 0.592. The number of amides is 2. The highest BCUT2D eigenvalue weighted by Gasteiger charge is 2.35. The van der Waals surface area contributed by atoms with Crippen LogP contribution in [0.3, 0.4) is 0 Å². The van der Waals surface area contributed by atoms with Crippen molar-refractivity contribution in [2.75, 3.05) is 44.7 Å². The lowest BCUT2D eigenvalue weighted by molar-refractivity contribution is -0.125. The number of hydrogen-bond donors (Lipinski definition) is 2. The molecule has 1 atom stereocenters. The standard InChI is InChI=1S/C27H31N5O3/c1-30-13-15-31(16-14-30)24-11-8-19(17-28-24)18-29-26(34)23-7-4-12-32(23)27(35)22-10-9-20-5-2-3-6-21(20)25(22)33/h2-3,5-6,8-11,17,23,33H,4,7,12-16,18H2,1H3,(H,29,34). The van der Waals surface area contributed by atoms with Crippen molar-refractivity contribution in [3.63, 3.8) is 0 Å². The van der Waals surface area contributed by atoms with Crippen LogP contribution in [0, 0.1) is 0 Å². The van der Waals surface area contributed by atoms with Crippen molar-refractivity contribution in [1.82, 2.24) is 20.1 Å². The summed E-state index contributed by atoms with van der Waals surface area (Å²) < 4.78 is 0. The molecule has 0 bridgehead atoms. The van der Waals surface area contributed by atoms with Crippen LogP contribution in [0.2, 0.25) is 0 Å². The molecular weight excluding hydrogens is 442 g/mol. The maximum atomic E-state index is 13.3. The second-order valence-corrected chi connectivity index (χ2v) is 9.37. The van der Waals surface area contributed by atoms with Crippen LogP contribution in [0.15, 0.2) is 54.7 Å². The molecule has 3 aromatic rings. The van der Waals surface area contributed by atoms with Crippen LogP contribution in [0.4, 0.5) is 5.82 Å². The Morgan fingerprint density at radius 3 is 2.60 bits per heavy atom.